The number of nitrogens with zero attached hydrogens (tertiary/aromatic N) is 3. The van der Waals surface area contributed by atoms with Crippen LogP contribution in [-0.4, -0.2) is 27.7 Å². The lowest BCUT2D eigenvalue weighted by molar-refractivity contribution is -0.385. The van der Waals surface area contributed by atoms with Crippen LogP contribution in [0.25, 0.3) is 10.6 Å². The molecule has 1 N–H and O–H groups in total. The van der Waals surface area contributed by atoms with Crippen LogP contribution in [0.15, 0.2) is 18.2 Å². The van der Waals surface area contributed by atoms with E-state index in [0.29, 0.717) is 17.5 Å². The van der Waals surface area contributed by atoms with Gasteiger partial charge in [-0.05, 0) is 6.07 Å². The number of aromatic nitrogens is 2. The maximum absolute atomic E-state index is 13.9. The van der Waals surface area contributed by atoms with Gasteiger partial charge in [-0.3, -0.25) is 10.1 Å². The van der Waals surface area contributed by atoms with Crippen molar-refractivity contribution in [1.29, 1.82) is 0 Å². The highest BCUT2D eigenvalue weighted by Crippen LogP contribution is 2.28. The zero-order valence-corrected chi connectivity index (χ0v) is 12.5. The fraction of sp³-hybridized carbons (Fsp3) is 0.385. The molecule has 0 radical (unpaired) electrons. The number of rotatable bonds is 6. The summed E-state index contributed by atoms with van der Waals surface area (Å²) in [5, 5.41) is 23.0. The van der Waals surface area contributed by atoms with Crippen LogP contribution >= 0.6 is 11.3 Å². The molecule has 0 atom stereocenters. The second-order valence-corrected chi connectivity index (χ2v) is 5.84. The van der Waals surface area contributed by atoms with Gasteiger partial charge < -0.3 is 5.32 Å². The van der Waals surface area contributed by atoms with Crippen molar-refractivity contribution in [2.75, 3.05) is 6.54 Å². The topological polar surface area (TPSA) is 81.0 Å². The minimum Gasteiger partial charge on any atom is -0.314 e. The summed E-state index contributed by atoms with van der Waals surface area (Å²) < 4.78 is 13.9. The van der Waals surface area contributed by atoms with Crippen LogP contribution in [-0.2, 0) is 6.42 Å². The normalized spacial score (nSPS) is 11.0. The van der Waals surface area contributed by atoms with Crippen molar-refractivity contribution in [3.05, 3.63) is 39.1 Å². The second-order valence-electron chi connectivity index (χ2n) is 4.78. The van der Waals surface area contributed by atoms with Crippen LogP contribution in [0.1, 0.15) is 18.9 Å². The van der Waals surface area contributed by atoms with Gasteiger partial charge in [0, 0.05) is 30.6 Å². The molecule has 0 saturated heterocycles. The molecule has 8 heteroatoms. The average molecular weight is 310 g/mol. The summed E-state index contributed by atoms with van der Waals surface area (Å²) in [7, 11) is 0. The molecule has 0 aliphatic rings. The molecule has 0 aliphatic carbocycles. The van der Waals surface area contributed by atoms with Gasteiger partial charge in [0.05, 0.1) is 11.0 Å². The average Bonchev–Trinajstić information content (AvgIpc) is 2.86. The zero-order chi connectivity index (χ0) is 15.4. The monoisotopic (exact) mass is 310 g/mol. The van der Waals surface area contributed by atoms with Crippen molar-refractivity contribution in [3.63, 3.8) is 0 Å². The third-order valence-corrected chi connectivity index (χ3v) is 3.77. The van der Waals surface area contributed by atoms with Crippen LogP contribution in [0.5, 0.6) is 0 Å². The van der Waals surface area contributed by atoms with E-state index in [1.807, 2.05) is 0 Å². The predicted octanol–water partition coefficient (Wildman–Crippen LogP) is 2.79. The largest absolute Gasteiger partial charge is 0.314 e. The van der Waals surface area contributed by atoms with Crippen LogP contribution < -0.4 is 5.32 Å². The van der Waals surface area contributed by atoms with Gasteiger partial charge >= 0.3 is 0 Å². The number of non-ortho nitro benzene ring substituents is 1. The van der Waals surface area contributed by atoms with Gasteiger partial charge in [-0.1, -0.05) is 25.2 Å². The zero-order valence-electron chi connectivity index (χ0n) is 11.7. The molecule has 0 aliphatic heterocycles. The van der Waals surface area contributed by atoms with Gasteiger partial charge in [0.2, 0.25) is 0 Å². The van der Waals surface area contributed by atoms with Crippen LogP contribution in [0.3, 0.4) is 0 Å². The molecular formula is C13H15FN4O2S. The number of hydrogen-bond donors (Lipinski definition) is 1. The molecule has 0 amide bonds. The lowest BCUT2D eigenvalue weighted by Gasteiger charge is -2.05. The Morgan fingerprint density at radius 2 is 2.19 bits per heavy atom. The molecule has 6 nitrogen and oxygen atoms in total. The number of benzene rings is 1. The van der Waals surface area contributed by atoms with E-state index >= 15 is 0 Å². The van der Waals surface area contributed by atoms with Gasteiger partial charge in [0.15, 0.2) is 5.01 Å². The molecule has 2 rings (SSSR count). The van der Waals surface area contributed by atoms with Crippen LogP contribution in [0.4, 0.5) is 10.1 Å². The van der Waals surface area contributed by atoms with Gasteiger partial charge in [-0.2, -0.15) is 0 Å². The standard InChI is InChI=1S/C13H15FN4O2S/c1-8(2)15-6-5-12-16-17-13(21-12)10-4-3-9(18(19)20)7-11(10)14/h3-4,7-8,15H,5-6H2,1-2H3. The highest BCUT2D eigenvalue weighted by atomic mass is 32.1. The van der Waals surface area contributed by atoms with E-state index in [4.69, 9.17) is 0 Å². The Morgan fingerprint density at radius 1 is 1.43 bits per heavy atom. The van der Waals surface area contributed by atoms with E-state index in [1.54, 1.807) is 0 Å². The maximum atomic E-state index is 13.9. The Labute approximate surface area is 125 Å². The molecule has 112 valence electrons. The number of halogens is 1. The molecular weight excluding hydrogens is 295 g/mol. The molecule has 2 aromatic rings. The second kappa shape index (κ2) is 6.68. The molecule has 0 fully saturated rings. The van der Waals surface area contributed by atoms with Gasteiger partial charge in [0.1, 0.15) is 10.8 Å². The van der Waals surface area contributed by atoms with E-state index in [1.165, 1.54) is 23.5 Å². The van der Waals surface area contributed by atoms with Gasteiger partial charge in [-0.25, -0.2) is 4.39 Å². The van der Waals surface area contributed by atoms with E-state index < -0.39 is 10.7 Å². The first-order valence-electron chi connectivity index (χ1n) is 6.47. The smallest absolute Gasteiger partial charge is 0.272 e. The number of nitrogens with one attached hydrogen (secondary N) is 1. The maximum Gasteiger partial charge on any atom is 0.272 e. The van der Waals surface area contributed by atoms with Gasteiger partial charge in [-0.15, -0.1) is 10.2 Å². The van der Waals surface area contributed by atoms with E-state index in [9.17, 15) is 14.5 Å². The first-order chi connectivity index (χ1) is 9.97. The Morgan fingerprint density at radius 3 is 2.81 bits per heavy atom. The van der Waals surface area contributed by atoms with Crippen molar-refractivity contribution in [2.24, 2.45) is 0 Å². The number of nitro benzene ring substituents is 1. The predicted molar refractivity (Wildman–Crippen MR) is 78.8 cm³/mol. The highest BCUT2D eigenvalue weighted by molar-refractivity contribution is 7.14. The summed E-state index contributed by atoms with van der Waals surface area (Å²) in [5.41, 5.74) is -0.0386. The molecule has 0 unspecified atom stereocenters. The molecule has 1 heterocycles. The summed E-state index contributed by atoms with van der Waals surface area (Å²) >= 11 is 1.29. The van der Waals surface area contributed by atoms with Crippen LogP contribution in [0, 0.1) is 15.9 Å². The summed E-state index contributed by atoms with van der Waals surface area (Å²) in [4.78, 5) is 9.96. The first-order valence-corrected chi connectivity index (χ1v) is 7.29. The molecule has 1 aromatic carbocycles. The van der Waals surface area contributed by atoms with Gasteiger partial charge in [0.25, 0.3) is 5.69 Å². The number of nitro groups is 1. The highest BCUT2D eigenvalue weighted by Gasteiger charge is 2.15. The molecule has 1 aromatic heterocycles. The van der Waals surface area contributed by atoms with Crippen molar-refractivity contribution in [3.8, 4) is 10.6 Å². The molecule has 0 bridgehead atoms. The minimum atomic E-state index is -0.660. The SMILES string of the molecule is CC(C)NCCc1nnc(-c2ccc([N+](=O)[O-])cc2F)s1. The van der Waals surface area contributed by atoms with Crippen molar-refractivity contribution < 1.29 is 9.31 Å². The summed E-state index contributed by atoms with van der Waals surface area (Å²) in [6.45, 7) is 4.88. The van der Waals surface area contributed by atoms with Crippen molar-refractivity contribution in [2.45, 2.75) is 26.3 Å². The lowest BCUT2D eigenvalue weighted by Crippen LogP contribution is -2.24. The summed E-state index contributed by atoms with van der Waals surface area (Å²) in [6, 6.07) is 3.92. The van der Waals surface area contributed by atoms with E-state index in [-0.39, 0.29) is 11.3 Å². The lowest BCUT2D eigenvalue weighted by atomic mass is 10.2. The summed E-state index contributed by atoms with van der Waals surface area (Å²) in [5.74, 6) is -0.660. The minimum absolute atomic E-state index is 0.237. The quantitative estimate of drug-likeness (QED) is 0.655. The third-order valence-electron chi connectivity index (χ3n) is 2.75. The fourth-order valence-corrected chi connectivity index (χ4v) is 2.59. The first kappa shape index (κ1) is 15.5. The molecule has 0 spiro atoms. The van der Waals surface area contributed by atoms with Crippen LogP contribution in [0.2, 0.25) is 0 Å². The van der Waals surface area contributed by atoms with Crippen molar-refractivity contribution in [1.82, 2.24) is 15.5 Å². The van der Waals surface area contributed by atoms with E-state index in [2.05, 4.69) is 29.4 Å². The fourth-order valence-electron chi connectivity index (χ4n) is 1.72. The Kier molecular flexibility index (Phi) is 4.92. The Bertz CT molecular complexity index is 645. The van der Waals surface area contributed by atoms with Crippen molar-refractivity contribution >= 4 is 17.0 Å². The number of hydrogen-bond acceptors (Lipinski definition) is 6. The Balaban J connectivity index is 2.12. The Hall–Kier alpha value is -1.93. The molecule has 0 saturated carbocycles. The van der Waals surface area contributed by atoms with E-state index in [0.717, 1.165) is 17.6 Å². The summed E-state index contributed by atoms with van der Waals surface area (Å²) in [6.07, 6.45) is 0.713. The molecule has 21 heavy (non-hydrogen) atoms. The third kappa shape index (κ3) is 4.02.